The second-order valence-electron chi connectivity index (χ2n) is 5.06. The van der Waals surface area contributed by atoms with Crippen LogP contribution in [0.2, 0.25) is 0 Å². The van der Waals surface area contributed by atoms with Crippen molar-refractivity contribution in [3.63, 3.8) is 0 Å². The van der Waals surface area contributed by atoms with E-state index in [1.807, 2.05) is 0 Å². The van der Waals surface area contributed by atoms with Crippen LogP contribution in [0.25, 0.3) is 0 Å². The highest BCUT2D eigenvalue weighted by molar-refractivity contribution is 7.89. The van der Waals surface area contributed by atoms with E-state index in [-0.39, 0.29) is 16.6 Å². The van der Waals surface area contributed by atoms with E-state index in [4.69, 9.17) is 0 Å². The van der Waals surface area contributed by atoms with Gasteiger partial charge >= 0.3 is 5.69 Å². The smallest absolute Gasteiger partial charge is 0.293 e. The molecule has 10 heteroatoms. The van der Waals surface area contributed by atoms with E-state index >= 15 is 0 Å². The summed E-state index contributed by atoms with van der Waals surface area (Å²) in [6, 6.07) is 1.48. The fraction of sp³-hybridized carbons (Fsp3) is 0.545. The van der Waals surface area contributed by atoms with Crippen LogP contribution >= 0.6 is 0 Å². The van der Waals surface area contributed by atoms with Gasteiger partial charge in [0.1, 0.15) is 5.82 Å². The molecule has 1 aliphatic heterocycles. The van der Waals surface area contributed by atoms with Crippen LogP contribution in [0.15, 0.2) is 22.1 Å². The van der Waals surface area contributed by atoms with Gasteiger partial charge in [-0.25, -0.2) is 18.3 Å². The summed E-state index contributed by atoms with van der Waals surface area (Å²) >= 11 is 0. The highest BCUT2D eigenvalue weighted by Gasteiger charge is 2.33. The summed E-state index contributed by atoms with van der Waals surface area (Å²) in [5, 5.41) is 10.3. The van der Waals surface area contributed by atoms with E-state index < -0.39 is 10.0 Å². The molecular weight excluding hydrogens is 296 g/mol. The Kier molecular flexibility index (Phi) is 3.41. The Morgan fingerprint density at radius 2 is 2.24 bits per heavy atom. The lowest BCUT2D eigenvalue weighted by atomic mass is 9.99. The highest BCUT2D eigenvalue weighted by atomic mass is 32.2. The number of aryl methyl sites for hydroxylation is 1. The molecule has 0 saturated carbocycles. The molecule has 1 atom stereocenters. The molecule has 0 aromatic carbocycles. The zero-order chi connectivity index (χ0) is 15.0. The molecule has 1 fully saturated rings. The fourth-order valence-electron chi connectivity index (χ4n) is 2.61. The van der Waals surface area contributed by atoms with Crippen molar-refractivity contribution in [2.24, 2.45) is 7.05 Å². The van der Waals surface area contributed by atoms with Crippen LogP contribution in [0.5, 0.6) is 0 Å². The molecule has 2 aromatic rings. The maximum absolute atomic E-state index is 12.6. The van der Waals surface area contributed by atoms with Crippen molar-refractivity contribution < 1.29 is 8.42 Å². The maximum atomic E-state index is 12.6. The lowest BCUT2D eigenvalue weighted by Gasteiger charge is -2.30. The van der Waals surface area contributed by atoms with Gasteiger partial charge < -0.3 is 0 Å². The lowest BCUT2D eigenvalue weighted by Crippen LogP contribution is -2.40. The van der Waals surface area contributed by atoms with Gasteiger partial charge in [0.2, 0.25) is 0 Å². The topological polar surface area (TPSA) is 117 Å². The van der Waals surface area contributed by atoms with Gasteiger partial charge in [-0.05, 0) is 18.9 Å². The highest BCUT2D eigenvalue weighted by Crippen LogP contribution is 2.27. The zero-order valence-corrected chi connectivity index (χ0v) is 12.3. The van der Waals surface area contributed by atoms with Crippen LogP contribution in [0.4, 0.5) is 0 Å². The average Bonchev–Trinajstić information content (AvgIpc) is 3.08. The fourth-order valence-corrected chi connectivity index (χ4v) is 4.23. The maximum Gasteiger partial charge on any atom is 0.340 e. The van der Waals surface area contributed by atoms with E-state index in [9.17, 15) is 13.2 Å². The number of piperidine rings is 1. The summed E-state index contributed by atoms with van der Waals surface area (Å²) < 4.78 is 28.0. The van der Waals surface area contributed by atoms with Crippen molar-refractivity contribution in [3.05, 3.63) is 28.6 Å². The predicted molar refractivity (Wildman–Crippen MR) is 73.2 cm³/mol. The normalized spacial score (nSPS) is 20.7. The van der Waals surface area contributed by atoms with Gasteiger partial charge in [-0.15, -0.1) is 0 Å². The van der Waals surface area contributed by atoms with Gasteiger partial charge in [0.15, 0.2) is 5.03 Å². The Balaban J connectivity index is 1.86. The second kappa shape index (κ2) is 5.11. The van der Waals surface area contributed by atoms with E-state index in [0.717, 1.165) is 12.8 Å². The van der Waals surface area contributed by atoms with Crippen LogP contribution in [0.3, 0.4) is 0 Å². The van der Waals surface area contributed by atoms with Gasteiger partial charge in [0.05, 0.1) is 6.20 Å². The van der Waals surface area contributed by atoms with E-state index in [1.54, 1.807) is 7.05 Å². The minimum absolute atomic E-state index is 0.110. The minimum Gasteiger partial charge on any atom is -0.293 e. The molecule has 114 valence electrons. The largest absolute Gasteiger partial charge is 0.340 e. The zero-order valence-electron chi connectivity index (χ0n) is 11.5. The van der Waals surface area contributed by atoms with Crippen molar-refractivity contribution in [3.8, 4) is 0 Å². The first-order chi connectivity index (χ1) is 9.98. The molecule has 0 amide bonds. The average molecular weight is 312 g/mol. The van der Waals surface area contributed by atoms with Gasteiger partial charge in [-0.2, -0.15) is 14.5 Å². The molecule has 1 aliphatic rings. The first-order valence-corrected chi connectivity index (χ1v) is 8.05. The second-order valence-corrected chi connectivity index (χ2v) is 6.94. The number of hydrogen-bond acceptors (Lipinski definition) is 5. The summed E-state index contributed by atoms with van der Waals surface area (Å²) in [6.45, 7) is 0.757. The van der Waals surface area contributed by atoms with Crippen LogP contribution in [-0.4, -0.2) is 50.8 Å². The molecule has 3 rings (SSSR count). The molecule has 21 heavy (non-hydrogen) atoms. The lowest BCUT2D eigenvalue weighted by molar-refractivity contribution is 0.307. The molecule has 9 nitrogen and oxygen atoms in total. The SMILES string of the molecule is Cn1nccc1S(=O)(=O)N1CCC[C@H](c2n[nH]c(=O)[nH]2)C1. The van der Waals surface area contributed by atoms with Crippen LogP contribution in [0, 0.1) is 0 Å². The molecular formula is C11H16N6O3S. The first kappa shape index (κ1) is 14.0. The monoisotopic (exact) mass is 312 g/mol. The summed E-state index contributed by atoms with van der Waals surface area (Å²) in [7, 11) is -1.98. The Hall–Kier alpha value is -1.94. The number of sulfonamides is 1. The van der Waals surface area contributed by atoms with Crippen LogP contribution in [0.1, 0.15) is 24.6 Å². The molecule has 0 unspecified atom stereocenters. The summed E-state index contributed by atoms with van der Waals surface area (Å²) in [4.78, 5) is 13.7. The van der Waals surface area contributed by atoms with E-state index in [2.05, 4.69) is 20.3 Å². The van der Waals surface area contributed by atoms with E-state index in [0.29, 0.717) is 18.9 Å². The number of H-pyrrole nitrogens is 2. The Bertz CT molecular complexity index is 789. The van der Waals surface area contributed by atoms with Crippen molar-refractivity contribution in [2.75, 3.05) is 13.1 Å². The number of hydrogen-bond donors (Lipinski definition) is 2. The molecule has 2 N–H and O–H groups in total. The summed E-state index contributed by atoms with van der Waals surface area (Å²) in [5.74, 6) is 0.394. The Labute approximate surface area is 121 Å². The number of aromatic nitrogens is 5. The first-order valence-electron chi connectivity index (χ1n) is 6.61. The molecule has 0 spiro atoms. The summed E-state index contributed by atoms with van der Waals surface area (Å²) in [6.07, 6.45) is 2.97. The molecule has 2 aromatic heterocycles. The summed E-state index contributed by atoms with van der Waals surface area (Å²) in [5.41, 5.74) is -0.378. The molecule has 1 saturated heterocycles. The quantitative estimate of drug-likeness (QED) is 0.785. The predicted octanol–water partition coefficient (Wildman–Crippen LogP) is -0.600. The number of nitrogens with zero attached hydrogens (tertiary/aromatic N) is 4. The van der Waals surface area contributed by atoms with Crippen molar-refractivity contribution in [1.29, 1.82) is 0 Å². The third kappa shape index (κ3) is 2.51. The van der Waals surface area contributed by atoms with E-state index in [1.165, 1.54) is 21.3 Å². The van der Waals surface area contributed by atoms with Crippen LogP contribution < -0.4 is 5.69 Å². The van der Waals surface area contributed by atoms with Crippen molar-refractivity contribution >= 4 is 10.0 Å². The molecule has 3 heterocycles. The number of aromatic amines is 2. The molecule has 0 bridgehead atoms. The van der Waals surface area contributed by atoms with Crippen LogP contribution in [-0.2, 0) is 17.1 Å². The van der Waals surface area contributed by atoms with Gasteiger partial charge in [-0.3, -0.25) is 9.67 Å². The number of nitrogens with one attached hydrogen (secondary N) is 2. The molecule has 0 radical (unpaired) electrons. The third-order valence-corrected chi connectivity index (χ3v) is 5.61. The standard InChI is InChI=1S/C11H16N6O3S/c1-16-9(4-5-12-16)21(19,20)17-6-2-3-8(7-17)10-13-11(18)15-14-10/h4-5,8H,2-3,6-7H2,1H3,(H2,13,14,15,18)/t8-/m0/s1. The number of rotatable bonds is 3. The van der Waals surface area contributed by atoms with Gasteiger partial charge in [0.25, 0.3) is 10.0 Å². The van der Waals surface area contributed by atoms with Gasteiger partial charge in [0, 0.05) is 26.1 Å². The molecule has 0 aliphatic carbocycles. The van der Waals surface area contributed by atoms with Gasteiger partial charge in [-0.1, -0.05) is 0 Å². The minimum atomic E-state index is -3.58. The third-order valence-electron chi connectivity index (χ3n) is 3.67. The Morgan fingerprint density at radius 3 is 2.86 bits per heavy atom. The Morgan fingerprint density at radius 1 is 1.43 bits per heavy atom. The van der Waals surface area contributed by atoms with Crippen molar-refractivity contribution in [2.45, 2.75) is 23.8 Å². The van der Waals surface area contributed by atoms with Crippen molar-refractivity contribution in [1.82, 2.24) is 29.3 Å².